The van der Waals surface area contributed by atoms with Gasteiger partial charge in [-0.15, -0.1) is 0 Å². The second-order valence-corrected chi connectivity index (χ2v) is 6.10. The van der Waals surface area contributed by atoms with Gasteiger partial charge in [0.05, 0.1) is 10.9 Å². The third-order valence-electron chi connectivity index (χ3n) is 4.25. The zero-order chi connectivity index (χ0) is 16.4. The molecule has 0 saturated carbocycles. The highest BCUT2D eigenvalue weighted by Gasteiger charge is 2.36. The summed E-state index contributed by atoms with van der Waals surface area (Å²) < 4.78 is 13.1. The topological polar surface area (TPSA) is 53.4 Å². The van der Waals surface area contributed by atoms with Crippen LogP contribution >= 0.6 is 11.6 Å². The third-order valence-corrected chi connectivity index (χ3v) is 4.48. The third kappa shape index (κ3) is 3.45. The van der Waals surface area contributed by atoms with Crippen LogP contribution in [-0.2, 0) is 4.79 Å². The number of carboxylic acid groups (broad SMARTS) is 1. The van der Waals surface area contributed by atoms with Crippen molar-refractivity contribution in [2.24, 2.45) is 5.92 Å². The number of halogens is 2. The lowest BCUT2D eigenvalue weighted by Gasteiger charge is -2.37. The highest BCUT2D eigenvalue weighted by Crippen LogP contribution is 2.34. The van der Waals surface area contributed by atoms with E-state index in [-0.39, 0.29) is 11.7 Å². The monoisotopic (exact) mass is 334 g/mol. The van der Waals surface area contributed by atoms with Crippen LogP contribution in [0.4, 0.5) is 10.1 Å². The molecule has 2 heterocycles. The van der Waals surface area contributed by atoms with E-state index in [4.69, 9.17) is 11.6 Å². The maximum absolute atomic E-state index is 13.1. The second-order valence-electron chi connectivity index (χ2n) is 5.66. The van der Waals surface area contributed by atoms with E-state index in [9.17, 15) is 14.3 Å². The molecule has 0 unspecified atom stereocenters. The molecule has 1 aromatic heterocycles. The number of nitrogens with zero attached hydrogens (tertiary/aromatic N) is 2. The van der Waals surface area contributed by atoms with Gasteiger partial charge in [0.2, 0.25) is 0 Å². The molecule has 0 amide bonds. The highest BCUT2D eigenvalue weighted by atomic mass is 35.5. The largest absolute Gasteiger partial charge is 0.481 e. The first kappa shape index (κ1) is 15.7. The molecule has 0 spiro atoms. The van der Waals surface area contributed by atoms with E-state index in [2.05, 4.69) is 9.88 Å². The number of rotatable bonds is 3. The molecule has 4 nitrogen and oxygen atoms in total. The number of piperidine rings is 1. The van der Waals surface area contributed by atoms with Crippen molar-refractivity contribution in [1.29, 1.82) is 0 Å². The van der Waals surface area contributed by atoms with Gasteiger partial charge in [-0.3, -0.25) is 9.78 Å². The molecule has 0 bridgehead atoms. The Balaban J connectivity index is 1.87. The Morgan fingerprint density at radius 2 is 2.00 bits per heavy atom. The van der Waals surface area contributed by atoms with E-state index in [0.717, 1.165) is 5.69 Å². The summed E-state index contributed by atoms with van der Waals surface area (Å²) in [6.45, 7) is 1.14. The van der Waals surface area contributed by atoms with E-state index >= 15 is 0 Å². The molecule has 23 heavy (non-hydrogen) atoms. The average molecular weight is 335 g/mol. The van der Waals surface area contributed by atoms with Crippen LogP contribution in [0.2, 0.25) is 5.02 Å². The Morgan fingerprint density at radius 1 is 1.26 bits per heavy atom. The van der Waals surface area contributed by atoms with Gasteiger partial charge in [0, 0.05) is 36.6 Å². The zero-order valence-corrected chi connectivity index (χ0v) is 13.1. The fraction of sp³-hybridized carbons (Fsp3) is 0.294. The maximum atomic E-state index is 13.1. The molecule has 3 rings (SSSR count). The van der Waals surface area contributed by atoms with Gasteiger partial charge in [-0.1, -0.05) is 11.6 Å². The maximum Gasteiger partial charge on any atom is 0.307 e. The summed E-state index contributed by atoms with van der Waals surface area (Å²) in [6.07, 6.45) is 2.05. The molecular weight excluding hydrogens is 319 g/mol. The molecule has 0 radical (unpaired) electrons. The number of benzene rings is 1. The summed E-state index contributed by atoms with van der Waals surface area (Å²) in [5, 5.41) is 10.0. The summed E-state index contributed by atoms with van der Waals surface area (Å²) >= 11 is 5.86. The van der Waals surface area contributed by atoms with Gasteiger partial charge in [-0.2, -0.15) is 0 Å². The number of carbonyl (C=O) groups is 1. The first-order valence-electron chi connectivity index (χ1n) is 7.39. The smallest absolute Gasteiger partial charge is 0.307 e. The van der Waals surface area contributed by atoms with Gasteiger partial charge in [0.25, 0.3) is 0 Å². The van der Waals surface area contributed by atoms with Gasteiger partial charge in [-0.25, -0.2) is 4.39 Å². The molecule has 2 aromatic rings. The van der Waals surface area contributed by atoms with E-state index in [0.29, 0.717) is 30.2 Å². The zero-order valence-electron chi connectivity index (χ0n) is 12.3. The molecule has 1 aliphatic rings. The van der Waals surface area contributed by atoms with Crippen molar-refractivity contribution < 1.29 is 14.3 Å². The van der Waals surface area contributed by atoms with Gasteiger partial charge < -0.3 is 10.0 Å². The second kappa shape index (κ2) is 6.54. The van der Waals surface area contributed by atoms with Crippen LogP contribution in [-0.4, -0.2) is 29.1 Å². The first-order valence-corrected chi connectivity index (χ1v) is 7.77. The normalized spacial score (nSPS) is 21.2. The quantitative estimate of drug-likeness (QED) is 0.932. The Labute approximate surface area is 138 Å². The average Bonchev–Trinajstić information content (AvgIpc) is 2.55. The Kier molecular flexibility index (Phi) is 4.48. The lowest BCUT2D eigenvalue weighted by atomic mass is 9.83. The highest BCUT2D eigenvalue weighted by molar-refractivity contribution is 6.30. The van der Waals surface area contributed by atoms with Gasteiger partial charge in [-0.05, 0) is 42.8 Å². The summed E-state index contributed by atoms with van der Waals surface area (Å²) in [7, 11) is 0. The fourth-order valence-corrected chi connectivity index (χ4v) is 3.15. The van der Waals surface area contributed by atoms with Crippen LogP contribution in [0, 0.1) is 11.7 Å². The van der Waals surface area contributed by atoms with Gasteiger partial charge >= 0.3 is 5.97 Å². The van der Waals surface area contributed by atoms with Crippen molar-refractivity contribution in [3.8, 4) is 0 Å². The molecule has 1 N–H and O–H groups in total. The van der Waals surface area contributed by atoms with Crippen LogP contribution in [0.25, 0.3) is 0 Å². The molecule has 2 atom stereocenters. The number of hydrogen-bond donors (Lipinski definition) is 1. The van der Waals surface area contributed by atoms with Crippen molar-refractivity contribution in [1.82, 2.24) is 4.98 Å². The predicted molar refractivity (Wildman–Crippen MR) is 86.3 cm³/mol. The Morgan fingerprint density at radius 3 is 2.61 bits per heavy atom. The lowest BCUT2D eigenvalue weighted by Crippen LogP contribution is -2.42. The van der Waals surface area contributed by atoms with Crippen LogP contribution in [0.5, 0.6) is 0 Å². The van der Waals surface area contributed by atoms with Crippen molar-refractivity contribution >= 4 is 23.3 Å². The standard InChI is InChI=1S/C17H16ClFN2O2/c18-11-1-6-16(20-9-11)15-10-21(8-7-14(15)17(22)23)13-4-2-12(19)3-5-13/h1-6,9,14-15H,7-8,10H2,(H,22,23)/t14-,15-/m1/s1. The Hall–Kier alpha value is -2.14. The molecule has 120 valence electrons. The molecule has 1 fully saturated rings. The number of carboxylic acids is 1. The predicted octanol–water partition coefficient (Wildman–Crippen LogP) is 3.57. The van der Waals surface area contributed by atoms with Gasteiger partial charge in [0.1, 0.15) is 5.82 Å². The van der Waals surface area contributed by atoms with Crippen LogP contribution in [0.1, 0.15) is 18.0 Å². The molecule has 1 aliphatic heterocycles. The minimum Gasteiger partial charge on any atom is -0.481 e. The van der Waals surface area contributed by atoms with Crippen molar-refractivity contribution in [2.45, 2.75) is 12.3 Å². The number of anilines is 1. The number of pyridine rings is 1. The molecule has 6 heteroatoms. The van der Waals surface area contributed by atoms with Crippen LogP contribution in [0.15, 0.2) is 42.6 Å². The van der Waals surface area contributed by atoms with Crippen molar-refractivity contribution in [2.75, 3.05) is 18.0 Å². The number of aliphatic carboxylic acids is 1. The lowest BCUT2D eigenvalue weighted by molar-refractivity contribution is -0.143. The Bertz CT molecular complexity index is 691. The number of hydrogen-bond acceptors (Lipinski definition) is 3. The van der Waals surface area contributed by atoms with Crippen molar-refractivity contribution in [3.63, 3.8) is 0 Å². The number of aromatic nitrogens is 1. The van der Waals surface area contributed by atoms with E-state index in [1.165, 1.54) is 18.3 Å². The fourth-order valence-electron chi connectivity index (χ4n) is 3.04. The summed E-state index contributed by atoms with van der Waals surface area (Å²) in [4.78, 5) is 17.9. The first-order chi connectivity index (χ1) is 11.0. The summed E-state index contributed by atoms with van der Waals surface area (Å²) in [5.74, 6) is -1.82. The summed E-state index contributed by atoms with van der Waals surface area (Å²) in [5.41, 5.74) is 1.60. The van der Waals surface area contributed by atoms with E-state index in [1.807, 2.05) is 0 Å². The minimum absolute atomic E-state index is 0.233. The molecule has 1 saturated heterocycles. The molecule has 1 aromatic carbocycles. The van der Waals surface area contributed by atoms with Gasteiger partial charge in [0.15, 0.2) is 0 Å². The van der Waals surface area contributed by atoms with Crippen molar-refractivity contribution in [3.05, 3.63) is 59.1 Å². The molecule has 0 aliphatic carbocycles. The van der Waals surface area contributed by atoms with Crippen LogP contribution < -0.4 is 4.90 Å². The minimum atomic E-state index is -0.814. The van der Waals surface area contributed by atoms with E-state index < -0.39 is 11.9 Å². The summed E-state index contributed by atoms with van der Waals surface area (Å²) in [6, 6.07) is 9.74. The van der Waals surface area contributed by atoms with Crippen LogP contribution in [0.3, 0.4) is 0 Å². The molecular formula is C17H16ClFN2O2. The van der Waals surface area contributed by atoms with E-state index in [1.54, 1.807) is 24.3 Å². The SMILES string of the molecule is O=C(O)[C@@H]1CCN(c2ccc(F)cc2)C[C@H]1c1ccc(Cl)cn1.